The maximum atomic E-state index is 12.2. The molecule has 2 rings (SSSR count). The van der Waals surface area contributed by atoms with Crippen molar-refractivity contribution in [3.05, 3.63) is 29.8 Å². The number of benzene rings is 1. The van der Waals surface area contributed by atoms with Crippen LogP contribution in [0.15, 0.2) is 24.3 Å². The lowest BCUT2D eigenvalue weighted by Gasteiger charge is -2.30. The number of hydrogen-bond donors (Lipinski definition) is 3. The Morgan fingerprint density at radius 3 is 2.40 bits per heavy atom. The summed E-state index contributed by atoms with van der Waals surface area (Å²) in [6.07, 6.45) is 3.49. The van der Waals surface area contributed by atoms with Gasteiger partial charge >= 0.3 is 12.0 Å². The van der Waals surface area contributed by atoms with Gasteiger partial charge in [-0.2, -0.15) is 0 Å². The number of ether oxygens (including phenoxy) is 1. The van der Waals surface area contributed by atoms with E-state index in [0.29, 0.717) is 17.2 Å². The Labute approximate surface area is 147 Å². The molecule has 4 N–H and O–H groups in total. The van der Waals surface area contributed by atoms with Gasteiger partial charge in [0.15, 0.2) is 6.10 Å². The molecule has 1 fully saturated rings. The second kappa shape index (κ2) is 8.50. The Bertz CT molecular complexity index is 630. The van der Waals surface area contributed by atoms with E-state index in [2.05, 4.69) is 17.6 Å². The van der Waals surface area contributed by atoms with Crippen LogP contribution in [0.5, 0.6) is 0 Å². The number of carbonyl (C=O) groups excluding carboxylic acids is 3. The van der Waals surface area contributed by atoms with Crippen LogP contribution in [0.3, 0.4) is 0 Å². The molecule has 3 unspecified atom stereocenters. The summed E-state index contributed by atoms with van der Waals surface area (Å²) < 4.78 is 5.23. The summed E-state index contributed by atoms with van der Waals surface area (Å²) in [4.78, 5) is 35.2. The summed E-state index contributed by atoms with van der Waals surface area (Å²) in [6.45, 7) is 3.69. The Morgan fingerprint density at radius 2 is 1.80 bits per heavy atom. The van der Waals surface area contributed by atoms with Gasteiger partial charge in [0.05, 0.1) is 5.56 Å². The fourth-order valence-electron chi connectivity index (χ4n) is 2.94. The number of amides is 3. The summed E-state index contributed by atoms with van der Waals surface area (Å²) >= 11 is 0. The van der Waals surface area contributed by atoms with Gasteiger partial charge in [-0.25, -0.2) is 9.59 Å². The van der Waals surface area contributed by atoms with E-state index in [9.17, 15) is 14.4 Å². The third-order valence-corrected chi connectivity index (χ3v) is 4.48. The van der Waals surface area contributed by atoms with Crippen molar-refractivity contribution in [3.8, 4) is 0 Å². The minimum absolute atomic E-state index is 0.140. The Morgan fingerprint density at radius 1 is 1.16 bits per heavy atom. The minimum atomic E-state index is -0.870. The third-order valence-electron chi connectivity index (χ3n) is 4.48. The number of anilines is 1. The van der Waals surface area contributed by atoms with Gasteiger partial charge in [0, 0.05) is 11.7 Å². The molecule has 136 valence electrons. The second-order valence-electron chi connectivity index (χ2n) is 6.49. The first-order valence-corrected chi connectivity index (χ1v) is 8.54. The van der Waals surface area contributed by atoms with Gasteiger partial charge in [-0.05, 0) is 49.9 Å². The van der Waals surface area contributed by atoms with E-state index in [-0.39, 0.29) is 11.9 Å². The maximum Gasteiger partial charge on any atom is 0.338 e. The highest BCUT2D eigenvalue weighted by Gasteiger charge is 2.26. The predicted octanol–water partition coefficient (Wildman–Crippen LogP) is 2.42. The second-order valence-corrected chi connectivity index (χ2v) is 6.49. The van der Waals surface area contributed by atoms with Crippen LogP contribution in [-0.4, -0.2) is 30.1 Å². The molecule has 0 heterocycles. The average Bonchev–Trinajstić information content (AvgIpc) is 2.56. The first-order valence-electron chi connectivity index (χ1n) is 8.54. The number of carbonyl (C=O) groups is 3. The third kappa shape index (κ3) is 5.48. The van der Waals surface area contributed by atoms with Crippen molar-refractivity contribution in [2.75, 3.05) is 5.32 Å². The SMILES string of the molecule is CC(OC(=O)c1ccc(NC(N)=O)cc1)C(=O)NC1CCCCC1C. The number of nitrogens with one attached hydrogen (secondary N) is 2. The summed E-state index contributed by atoms with van der Waals surface area (Å²) in [5.41, 5.74) is 5.79. The topological polar surface area (TPSA) is 111 Å². The zero-order valence-corrected chi connectivity index (χ0v) is 14.6. The van der Waals surface area contributed by atoms with Crippen LogP contribution in [0.2, 0.25) is 0 Å². The van der Waals surface area contributed by atoms with Gasteiger partial charge in [-0.3, -0.25) is 4.79 Å². The van der Waals surface area contributed by atoms with Crippen LogP contribution >= 0.6 is 0 Å². The van der Waals surface area contributed by atoms with Gasteiger partial charge in [0.1, 0.15) is 0 Å². The Balaban J connectivity index is 1.88. The van der Waals surface area contributed by atoms with E-state index in [4.69, 9.17) is 10.5 Å². The molecule has 7 nitrogen and oxygen atoms in total. The minimum Gasteiger partial charge on any atom is -0.449 e. The molecule has 0 spiro atoms. The van der Waals surface area contributed by atoms with Crippen LogP contribution in [0, 0.1) is 5.92 Å². The van der Waals surface area contributed by atoms with Crippen LogP contribution in [0.4, 0.5) is 10.5 Å². The molecule has 0 aromatic heterocycles. The van der Waals surface area contributed by atoms with E-state index in [1.165, 1.54) is 30.7 Å². The van der Waals surface area contributed by atoms with E-state index < -0.39 is 18.1 Å². The fourth-order valence-corrected chi connectivity index (χ4v) is 2.94. The maximum absolute atomic E-state index is 12.2. The first-order chi connectivity index (χ1) is 11.9. The van der Waals surface area contributed by atoms with Gasteiger partial charge in [0.2, 0.25) is 0 Å². The number of esters is 1. The van der Waals surface area contributed by atoms with Crippen LogP contribution in [0.25, 0.3) is 0 Å². The fraction of sp³-hybridized carbons (Fsp3) is 0.500. The van der Waals surface area contributed by atoms with Crippen molar-refractivity contribution in [1.29, 1.82) is 0 Å². The summed E-state index contributed by atoms with van der Waals surface area (Å²) in [6, 6.07) is 5.54. The molecule has 1 aliphatic rings. The highest BCUT2D eigenvalue weighted by atomic mass is 16.5. The molecule has 1 saturated carbocycles. The lowest BCUT2D eigenvalue weighted by atomic mass is 9.86. The number of primary amides is 1. The van der Waals surface area contributed by atoms with Crippen molar-refractivity contribution in [2.45, 2.75) is 51.7 Å². The molecule has 0 bridgehead atoms. The van der Waals surface area contributed by atoms with E-state index in [0.717, 1.165) is 19.3 Å². The highest BCUT2D eigenvalue weighted by Crippen LogP contribution is 2.23. The lowest BCUT2D eigenvalue weighted by Crippen LogP contribution is -2.45. The van der Waals surface area contributed by atoms with Crippen LogP contribution < -0.4 is 16.4 Å². The zero-order valence-electron chi connectivity index (χ0n) is 14.6. The predicted molar refractivity (Wildman–Crippen MR) is 94.1 cm³/mol. The number of rotatable bonds is 5. The number of hydrogen-bond acceptors (Lipinski definition) is 4. The molecule has 1 aliphatic carbocycles. The normalized spacial score (nSPS) is 21.0. The Kier molecular flexibility index (Phi) is 6.38. The first kappa shape index (κ1) is 18.8. The average molecular weight is 347 g/mol. The van der Waals surface area contributed by atoms with E-state index in [1.54, 1.807) is 6.92 Å². The van der Waals surface area contributed by atoms with Gasteiger partial charge in [-0.15, -0.1) is 0 Å². The van der Waals surface area contributed by atoms with Crippen molar-refractivity contribution < 1.29 is 19.1 Å². The van der Waals surface area contributed by atoms with Crippen LogP contribution in [0.1, 0.15) is 49.9 Å². The number of nitrogens with two attached hydrogens (primary N) is 1. The molecule has 3 atom stereocenters. The van der Waals surface area contributed by atoms with Gasteiger partial charge in [0.25, 0.3) is 5.91 Å². The van der Waals surface area contributed by atoms with Crippen LogP contribution in [-0.2, 0) is 9.53 Å². The molecule has 25 heavy (non-hydrogen) atoms. The molecule has 0 saturated heterocycles. The van der Waals surface area contributed by atoms with Gasteiger partial charge in [-0.1, -0.05) is 19.8 Å². The summed E-state index contributed by atoms with van der Waals surface area (Å²) in [7, 11) is 0. The summed E-state index contributed by atoms with van der Waals surface area (Å²) in [5.74, 6) is -0.435. The molecule has 1 aromatic carbocycles. The summed E-state index contributed by atoms with van der Waals surface area (Å²) in [5, 5.41) is 5.38. The van der Waals surface area contributed by atoms with E-state index in [1.807, 2.05) is 0 Å². The Hall–Kier alpha value is -2.57. The molecule has 0 aliphatic heterocycles. The smallest absolute Gasteiger partial charge is 0.338 e. The molecule has 3 amide bonds. The van der Waals surface area contributed by atoms with E-state index >= 15 is 0 Å². The highest BCUT2D eigenvalue weighted by molar-refractivity contribution is 5.93. The van der Waals surface area contributed by atoms with Crippen molar-refractivity contribution >= 4 is 23.6 Å². The number of urea groups is 1. The van der Waals surface area contributed by atoms with Crippen molar-refractivity contribution in [3.63, 3.8) is 0 Å². The molecular formula is C18H25N3O4. The molecule has 0 radical (unpaired) electrons. The monoisotopic (exact) mass is 347 g/mol. The molecule has 7 heteroatoms. The van der Waals surface area contributed by atoms with Crippen molar-refractivity contribution in [2.24, 2.45) is 11.7 Å². The zero-order chi connectivity index (χ0) is 18.4. The molecular weight excluding hydrogens is 322 g/mol. The van der Waals surface area contributed by atoms with Gasteiger partial charge < -0.3 is 21.1 Å². The standard InChI is InChI=1S/C18H25N3O4/c1-11-5-3-4-6-15(11)21-16(22)12(2)25-17(23)13-7-9-14(10-8-13)20-18(19)24/h7-12,15H,3-6H2,1-2H3,(H,21,22)(H3,19,20,24). The lowest BCUT2D eigenvalue weighted by molar-refractivity contribution is -0.130. The van der Waals surface area contributed by atoms with Crippen molar-refractivity contribution in [1.82, 2.24) is 5.32 Å². The molecule has 1 aromatic rings. The quantitative estimate of drug-likeness (QED) is 0.710. The largest absolute Gasteiger partial charge is 0.449 e.